The highest BCUT2D eigenvalue weighted by molar-refractivity contribution is 7.11. The molecule has 0 aliphatic carbocycles. The van der Waals surface area contributed by atoms with E-state index in [1.165, 1.54) is 0 Å². The number of aromatic nitrogens is 1. The zero-order valence-corrected chi connectivity index (χ0v) is 9.99. The predicted molar refractivity (Wildman–Crippen MR) is 61.7 cm³/mol. The molecule has 0 saturated heterocycles. The van der Waals surface area contributed by atoms with Crippen LogP contribution in [0, 0.1) is 13.8 Å². The lowest BCUT2D eigenvalue weighted by Crippen LogP contribution is -2.23. The quantitative estimate of drug-likeness (QED) is 0.792. The smallest absolute Gasteiger partial charge is 0.220 e. The number of rotatable bonds is 5. The van der Waals surface area contributed by atoms with Crippen LogP contribution in [0.25, 0.3) is 0 Å². The van der Waals surface area contributed by atoms with Gasteiger partial charge in [0, 0.05) is 11.3 Å². The molecular formula is C10H17N3OS. The number of nitrogens with two attached hydrogens (primary N) is 1. The molecule has 3 N–H and O–H groups in total. The zero-order chi connectivity index (χ0) is 11.3. The fourth-order valence-corrected chi connectivity index (χ4v) is 2.14. The normalized spacial score (nSPS) is 10.3. The molecule has 1 amide bonds. The Morgan fingerprint density at radius 2 is 2.27 bits per heavy atom. The van der Waals surface area contributed by atoms with E-state index in [0.717, 1.165) is 22.0 Å². The highest BCUT2D eigenvalue weighted by Crippen LogP contribution is 2.16. The van der Waals surface area contributed by atoms with Crippen LogP contribution >= 0.6 is 11.3 Å². The summed E-state index contributed by atoms with van der Waals surface area (Å²) >= 11 is 1.63. The summed E-state index contributed by atoms with van der Waals surface area (Å²) < 4.78 is 0. The summed E-state index contributed by atoms with van der Waals surface area (Å²) in [4.78, 5) is 16.7. The highest BCUT2D eigenvalue weighted by atomic mass is 32.1. The minimum Gasteiger partial charge on any atom is -0.351 e. The molecule has 0 saturated carbocycles. The van der Waals surface area contributed by atoms with Gasteiger partial charge in [0.25, 0.3) is 0 Å². The van der Waals surface area contributed by atoms with Gasteiger partial charge in [0.1, 0.15) is 0 Å². The third-order valence-electron chi connectivity index (χ3n) is 2.05. The number of nitrogens with one attached hydrogen (secondary N) is 1. The van der Waals surface area contributed by atoms with E-state index in [-0.39, 0.29) is 5.91 Å². The second kappa shape index (κ2) is 5.82. The number of carbonyl (C=O) groups is 1. The minimum absolute atomic E-state index is 0.0610. The van der Waals surface area contributed by atoms with E-state index in [0.29, 0.717) is 19.5 Å². The van der Waals surface area contributed by atoms with Crippen LogP contribution in [0.4, 0.5) is 0 Å². The Morgan fingerprint density at radius 1 is 1.53 bits per heavy atom. The van der Waals surface area contributed by atoms with Crippen molar-refractivity contribution in [1.82, 2.24) is 10.3 Å². The van der Waals surface area contributed by atoms with Crippen LogP contribution in [0.3, 0.4) is 0 Å². The van der Waals surface area contributed by atoms with E-state index in [2.05, 4.69) is 10.3 Å². The molecule has 1 heterocycles. The standard InChI is InChI=1S/C10H17N3OS/c1-7-9(15-8(2)13-7)6-12-10(14)4-3-5-11/h3-6,11H2,1-2H3,(H,12,14). The largest absolute Gasteiger partial charge is 0.351 e. The fraction of sp³-hybridized carbons (Fsp3) is 0.600. The first-order valence-electron chi connectivity index (χ1n) is 5.03. The molecule has 1 rings (SSSR count). The summed E-state index contributed by atoms with van der Waals surface area (Å²) in [6, 6.07) is 0. The van der Waals surface area contributed by atoms with Gasteiger partial charge in [0.2, 0.25) is 5.91 Å². The summed E-state index contributed by atoms with van der Waals surface area (Å²) in [5, 5.41) is 3.90. The van der Waals surface area contributed by atoms with E-state index in [4.69, 9.17) is 5.73 Å². The molecule has 1 aromatic heterocycles. The monoisotopic (exact) mass is 227 g/mol. The van der Waals surface area contributed by atoms with Crippen LogP contribution in [0.15, 0.2) is 0 Å². The Kier molecular flexibility index (Phi) is 4.71. The molecule has 0 aliphatic rings. The number of hydrogen-bond acceptors (Lipinski definition) is 4. The second-order valence-electron chi connectivity index (χ2n) is 3.41. The molecule has 0 fully saturated rings. The number of amides is 1. The highest BCUT2D eigenvalue weighted by Gasteiger charge is 2.06. The summed E-state index contributed by atoms with van der Waals surface area (Å²) in [6.45, 7) is 5.08. The molecular weight excluding hydrogens is 210 g/mol. The van der Waals surface area contributed by atoms with Crippen LogP contribution in [0.1, 0.15) is 28.4 Å². The van der Waals surface area contributed by atoms with Crippen molar-refractivity contribution in [3.63, 3.8) is 0 Å². The average Bonchev–Trinajstić information content (AvgIpc) is 2.51. The van der Waals surface area contributed by atoms with E-state index in [1.54, 1.807) is 11.3 Å². The molecule has 0 unspecified atom stereocenters. The first-order chi connectivity index (χ1) is 7.13. The van der Waals surface area contributed by atoms with Crippen LogP contribution in [-0.2, 0) is 11.3 Å². The maximum atomic E-state index is 11.3. The summed E-state index contributed by atoms with van der Waals surface area (Å²) in [5.74, 6) is 0.0610. The molecule has 84 valence electrons. The fourth-order valence-electron chi connectivity index (χ4n) is 1.27. The van der Waals surface area contributed by atoms with E-state index in [1.807, 2.05) is 13.8 Å². The van der Waals surface area contributed by atoms with Crippen molar-refractivity contribution in [2.45, 2.75) is 33.2 Å². The summed E-state index contributed by atoms with van der Waals surface area (Å²) in [5.41, 5.74) is 6.33. The van der Waals surface area contributed by atoms with E-state index < -0.39 is 0 Å². The van der Waals surface area contributed by atoms with Crippen molar-refractivity contribution in [2.75, 3.05) is 6.54 Å². The average molecular weight is 227 g/mol. The van der Waals surface area contributed by atoms with Crippen molar-refractivity contribution in [1.29, 1.82) is 0 Å². The Balaban J connectivity index is 2.36. The number of carbonyl (C=O) groups excluding carboxylic acids is 1. The molecule has 1 aromatic rings. The minimum atomic E-state index is 0.0610. The first-order valence-corrected chi connectivity index (χ1v) is 5.84. The van der Waals surface area contributed by atoms with Crippen LogP contribution < -0.4 is 11.1 Å². The topological polar surface area (TPSA) is 68.0 Å². The molecule has 0 spiro atoms. The lowest BCUT2D eigenvalue weighted by Gasteiger charge is -2.02. The predicted octanol–water partition coefficient (Wildman–Crippen LogP) is 1.12. The summed E-state index contributed by atoms with van der Waals surface area (Å²) in [6.07, 6.45) is 1.25. The lowest BCUT2D eigenvalue weighted by molar-refractivity contribution is -0.121. The number of hydrogen-bond donors (Lipinski definition) is 2. The Labute approximate surface area is 93.9 Å². The molecule has 0 aromatic carbocycles. The molecule has 0 aliphatic heterocycles. The van der Waals surface area contributed by atoms with Gasteiger partial charge < -0.3 is 11.1 Å². The third kappa shape index (κ3) is 3.97. The van der Waals surface area contributed by atoms with Crippen LogP contribution in [0.5, 0.6) is 0 Å². The van der Waals surface area contributed by atoms with Crippen molar-refractivity contribution in [3.8, 4) is 0 Å². The Hall–Kier alpha value is -0.940. The molecule has 15 heavy (non-hydrogen) atoms. The van der Waals surface area contributed by atoms with Gasteiger partial charge in [-0.2, -0.15) is 0 Å². The van der Waals surface area contributed by atoms with Crippen molar-refractivity contribution in [2.24, 2.45) is 5.73 Å². The number of nitrogens with zero attached hydrogens (tertiary/aromatic N) is 1. The first kappa shape index (κ1) is 12.1. The molecule has 0 bridgehead atoms. The Bertz CT molecular complexity index is 335. The number of thiazole rings is 1. The van der Waals surface area contributed by atoms with Crippen LogP contribution in [0.2, 0.25) is 0 Å². The zero-order valence-electron chi connectivity index (χ0n) is 9.17. The second-order valence-corrected chi connectivity index (χ2v) is 4.70. The van der Waals surface area contributed by atoms with Gasteiger partial charge in [-0.3, -0.25) is 4.79 Å². The van der Waals surface area contributed by atoms with Crippen LogP contribution in [-0.4, -0.2) is 17.4 Å². The van der Waals surface area contributed by atoms with Gasteiger partial charge >= 0.3 is 0 Å². The van der Waals surface area contributed by atoms with Gasteiger partial charge in [-0.25, -0.2) is 4.98 Å². The molecule has 5 heteroatoms. The third-order valence-corrected chi connectivity index (χ3v) is 3.13. The van der Waals surface area contributed by atoms with Gasteiger partial charge in [-0.05, 0) is 26.8 Å². The molecule has 4 nitrogen and oxygen atoms in total. The lowest BCUT2D eigenvalue weighted by atomic mass is 10.3. The van der Waals surface area contributed by atoms with Gasteiger partial charge in [-0.1, -0.05) is 0 Å². The summed E-state index contributed by atoms with van der Waals surface area (Å²) in [7, 11) is 0. The number of aryl methyl sites for hydroxylation is 2. The maximum absolute atomic E-state index is 11.3. The van der Waals surface area contributed by atoms with E-state index in [9.17, 15) is 4.79 Å². The SMILES string of the molecule is Cc1nc(C)c(CNC(=O)CCCN)s1. The van der Waals surface area contributed by atoms with Crippen molar-refractivity contribution < 1.29 is 4.79 Å². The van der Waals surface area contributed by atoms with E-state index >= 15 is 0 Å². The van der Waals surface area contributed by atoms with Crippen molar-refractivity contribution >= 4 is 17.2 Å². The van der Waals surface area contributed by atoms with Gasteiger partial charge in [-0.15, -0.1) is 11.3 Å². The van der Waals surface area contributed by atoms with Crippen molar-refractivity contribution in [3.05, 3.63) is 15.6 Å². The Morgan fingerprint density at radius 3 is 2.80 bits per heavy atom. The van der Waals surface area contributed by atoms with Gasteiger partial charge in [0.15, 0.2) is 0 Å². The van der Waals surface area contributed by atoms with Gasteiger partial charge in [0.05, 0.1) is 17.2 Å². The molecule has 0 radical (unpaired) electrons. The molecule has 0 atom stereocenters. The maximum Gasteiger partial charge on any atom is 0.220 e.